The van der Waals surface area contributed by atoms with Gasteiger partial charge >= 0.3 is 29.6 Å². The molecule has 4 heavy (non-hydrogen) atoms. The van der Waals surface area contributed by atoms with Crippen molar-refractivity contribution in [2.75, 3.05) is 0 Å². The Kier molecular flexibility index (Phi) is 871. The molecule has 0 aliphatic rings. The molecule has 4 heteroatoms. The topological polar surface area (TPSA) is 79.1 Å². The summed E-state index contributed by atoms with van der Waals surface area (Å²) < 4.78 is 0. The van der Waals surface area contributed by atoms with Gasteiger partial charge in [-0.05, 0) is 0 Å². The molecule has 0 aliphatic carbocycles. The van der Waals surface area contributed by atoms with E-state index in [1.807, 2.05) is 0 Å². The molecule has 0 radical (unpaired) electrons. The molecule has 0 saturated carbocycles. The molecule has 0 atom stereocenters. The van der Waals surface area contributed by atoms with Crippen LogP contribution in [0.1, 0.15) is 0 Å². The second kappa shape index (κ2) is 133. The van der Waals surface area contributed by atoms with E-state index in [-0.39, 0.29) is 35.0 Å². The van der Waals surface area contributed by atoms with Gasteiger partial charge in [0.05, 0.1) is 0 Å². The van der Waals surface area contributed by atoms with E-state index in [2.05, 4.69) is 0 Å². The molecule has 0 rings (SSSR count). The third-order valence-corrected chi connectivity index (χ3v) is 0. The van der Waals surface area contributed by atoms with E-state index in [0.29, 0.717) is 0 Å². The van der Waals surface area contributed by atoms with Crippen LogP contribution in [0.15, 0.2) is 0 Å². The van der Waals surface area contributed by atoms with E-state index in [4.69, 9.17) is 10.8 Å². The molecule has 0 saturated heterocycles. The third-order valence-electron chi connectivity index (χ3n) is 0. The Morgan fingerprint density at radius 2 is 1.00 bits per heavy atom. The van der Waals surface area contributed by atoms with E-state index >= 15 is 0 Å². The van der Waals surface area contributed by atoms with Crippen LogP contribution in [-0.4, -0.2) is 35.0 Å². The fraction of sp³-hybridized carbons (Fsp3) is 0. The third kappa shape index (κ3) is 31.4. The van der Waals surface area contributed by atoms with E-state index < -0.39 is 0 Å². The molecule has 0 aromatic heterocycles. The van der Waals surface area contributed by atoms with E-state index in [9.17, 15) is 0 Å². The van der Waals surface area contributed by atoms with Gasteiger partial charge in [0.1, 0.15) is 0 Å². The zero-order valence-electron chi connectivity index (χ0n) is 1.39. The van der Waals surface area contributed by atoms with Gasteiger partial charge in [-0.15, -0.1) is 0 Å². The minimum absolute atomic E-state index is 0. The molecule has 3 nitrogen and oxygen atoms in total. The van der Waals surface area contributed by atoms with Gasteiger partial charge in [-0.25, -0.2) is 0 Å². The summed E-state index contributed by atoms with van der Waals surface area (Å²) in [6.07, 6.45) is 0. The number of hydrogen-bond acceptors (Lipinski definition) is 2. The average Bonchev–Trinajstić information content (AvgIpc) is 1.00. The number of rotatable bonds is 0. The van der Waals surface area contributed by atoms with Crippen molar-refractivity contribution >= 4 is 29.6 Å². The summed E-state index contributed by atoms with van der Waals surface area (Å²) in [6.45, 7) is 0. The zero-order chi connectivity index (χ0) is 2.00. The Bertz CT molecular complexity index is 10.8. The first-order valence-electron chi connectivity index (χ1n) is 0.200. The Morgan fingerprint density at radius 1 is 1.00 bits per heavy atom. The van der Waals surface area contributed by atoms with Crippen LogP contribution < -0.4 is 0 Å². The molecule has 0 unspecified atom stereocenters. The Labute approximate surface area is 46.0 Å². The second-order valence-corrected chi connectivity index (χ2v) is 0. The van der Waals surface area contributed by atoms with Crippen LogP contribution in [0.2, 0.25) is 0 Å². The van der Waals surface area contributed by atoms with Crippen LogP contribution in [0.25, 0.3) is 0 Å². The second-order valence-electron chi connectivity index (χ2n) is 0. The Hall–Kier alpha value is 0.380. The first kappa shape index (κ1) is 26.3. The predicted octanol–water partition coefficient (Wildman–Crippen LogP) is -1.44. The molecule has 0 amide bonds. The maximum atomic E-state index is 6.00. The molecule has 0 aromatic rings. The van der Waals surface area contributed by atoms with Gasteiger partial charge in [-0.2, -0.15) is 0 Å². The van der Waals surface area contributed by atoms with Crippen LogP contribution in [0.4, 0.5) is 0 Å². The molecule has 2 N–H and O–H groups in total. The van der Waals surface area contributed by atoms with Crippen molar-refractivity contribution in [3.8, 4) is 0 Å². The summed E-state index contributed by atoms with van der Waals surface area (Å²) in [4.78, 5) is 0. The molecule has 0 aliphatic heterocycles. The van der Waals surface area contributed by atoms with Crippen LogP contribution in [-0.2, 0) is 0 Å². The van der Waals surface area contributed by atoms with Gasteiger partial charge in [0.15, 0.2) is 0 Å². The van der Waals surface area contributed by atoms with Crippen LogP contribution in [0.5, 0.6) is 0 Å². The van der Waals surface area contributed by atoms with E-state index in [0.717, 1.165) is 0 Å². The first-order valence-corrected chi connectivity index (χ1v) is 0.200. The van der Waals surface area contributed by atoms with Gasteiger partial charge in [-0.3, -0.25) is 0 Å². The molecular formula is H3N2NaO. The van der Waals surface area contributed by atoms with Gasteiger partial charge in [0.25, 0.3) is 0 Å². The van der Waals surface area contributed by atoms with Gasteiger partial charge < -0.3 is 5.48 Å². The van der Waals surface area contributed by atoms with Crippen molar-refractivity contribution < 1.29 is 5.48 Å². The summed E-state index contributed by atoms with van der Waals surface area (Å²) in [5, 5.41) is 12.0. The van der Waals surface area contributed by atoms with Crippen molar-refractivity contribution in [1.82, 2.24) is 0 Å². The summed E-state index contributed by atoms with van der Waals surface area (Å²) in [6, 6.07) is 0. The van der Waals surface area contributed by atoms with E-state index in [1.54, 1.807) is 0 Å². The molecule has 0 aromatic carbocycles. The summed E-state index contributed by atoms with van der Waals surface area (Å²) in [7, 11) is 0. The van der Waals surface area contributed by atoms with Crippen molar-refractivity contribution in [3.63, 3.8) is 0 Å². The molecule has 0 spiro atoms. The van der Waals surface area contributed by atoms with Crippen LogP contribution in [0.3, 0.4) is 0 Å². The molecule has 0 bridgehead atoms. The fourth-order valence-electron chi connectivity index (χ4n) is 0. The number of nitrogens with zero attached hydrogens (tertiary/aromatic N) is 2. The fourth-order valence-corrected chi connectivity index (χ4v) is 0. The van der Waals surface area contributed by atoms with Crippen LogP contribution >= 0.6 is 0 Å². The standard InChI is InChI=1S/N2.Na.H2O.H/c1-2;;;/h;;1H2;. The molecular weight excluding hydrogens is 67.0 g/mol. The van der Waals surface area contributed by atoms with Gasteiger partial charge in [-0.1, -0.05) is 0 Å². The quantitative estimate of drug-likeness (QED) is 0.258. The van der Waals surface area contributed by atoms with Crippen molar-refractivity contribution in [2.45, 2.75) is 0 Å². The van der Waals surface area contributed by atoms with Crippen LogP contribution in [0, 0.1) is 10.8 Å². The molecule has 0 fully saturated rings. The SMILES string of the molecule is N#N.O.[NaH]. The normalized spacial score (nSPS) is 0.500. The number of hydrogen-bond donors (Lipinski definition) is 0. The summed E-state index contributed by atoms with van der Waals surface area (Å²) in [5.41, 5.74) is 0. The first-order chi connectivity index (χ1) is 1.00. The van der Waals surface area contributed by atoms with E-state index in [1.165, 1.54) is 0 Å². The maximum absolute atomic E-state index is 6.00. The van der Waals surface area contributed by atoms with Crippen molar-refractivity contribution in [3.05, 3.63) is 0 Å². The minimum atomic E-state index is 0. The van der Waals surface area contributed by atoms with Gasteiger partial charge in [0, 0.05) is 10.8 Å². The Morgan fingerprint density at radius 3 is 1.00 bits per heavy atom. The average molecular weight is 70.0 g/mol. The van der Waals surface area contributed by atoms with Gasteiger partial charge in [0.2, 0.25) is 0 Å². The summed E-state index contributed by atoms with van der Waals surface area (Å²) in [5.74, 6) is 0. The summed E-state index contributed by atoms with van der Waals surface area (Å²) >= 11 is 0. The zero-order valence-corrected chi connectivity index (χ0v) is 1.39. The molecule has 20 valence electrons. The predicted molar refractivity (Wildman–Crippen MR) is 14.2 cm³/mol. The van der Waals surface area contributed by atoms with Crippen molar-refractivity contribution in [1.29, 1.82) is 10.8 Å². The molecule has 0 heterocycles. The monoisotopic (exact) mass is 70.0 g/mol. The van der Waals surface area contributed by atoms with Crippen molar-refractivity contribution in [2.24, 2.45) is 0 Å². The Balaban J connectivity index is -0.00000000500.